The molecule has 106 valence electrons. The average molecular weight is 274 g/mol. The minimum atomic E-state index is -0.330. The molecule has 0 aliphatic carbocycles. The second-order valence-corrected chi connectivity index (χ2v) is 4.88. The van der Waals surface area contributed by atoms with E-state index in [1.807, 2.05) is 19.9 Å². The maximum Gasteiger partial charge on any atom is 0.125 e. The number of hydrogen-bond acceptors (Lipinski definition) is 3. The molecule has 0 aliphatic heterocycles. The van der Waals surface area contributed by atoms with Gasteiger partial charge in [-0.2, -0.15) is 0 Å². The van der Waals surface area contributed by atoms with Crippen LogP contribution in [0, 0.1) is 12.7 Å². The summed E-state index contributed by atoms with van der Waals surface area (Å²) in [5, 5.41) is 9.63. The van der Waals surface area contributed by atoms with Gasteiger partial charge >= 0.3 is 0 Å². The molecule has 0 aliphatic rings. The number of phenolic OH excluding ortho intramolecular Hbond substituents is 1. The largest absolute Gasteiger partial charge is 0.508 e. The molecule has 4 heteroatoms. The SMILES string of the molecule is CCN(Cc1cc(N)cc(F)c1)c1cc(O)ccc1C. The van der Waals surface area contributed by atoms with E-state index in [4.69, 9.17) is 5.73 Å². The van der Waals surface area contributed by atoms with Crippen molar-refractivity contribution in [3.63, 3.8) is 0 Å². The number of nitrogens with zero attached hydrogens (tertiary/aromatic N) is 1. The van der Waals surface area contributed by atoms with Crippen LogP contribution in [0.15, 0.2) is 36.4 Å². The highest BCUT2D eigenvalue weighted by Gasteiger charge is 2.10. The van der Waals surface area contributed by atoms with Crippen molar-refractivity contribution in [2.24, 2.45) is 0 Å². The Hall–Kier alpha value is -2.23. The van der Waals surface area contributed by atoms with Crippen LogP contribution in [0.2, 0.25) is 0 Å². The third kappa shape index (κ3) is 3.20. The molecule has 20 heavy (non-hydrogen) atoms. The number of aromatic hydroxyl groups is 1. The van der Waals surface area contributed by atoms with Gasteiger partial charge in [0.05, 0.1) is 0 Å². The standard InChI is InChI=1S/C16H19FN2O/c1-3-19(16-9-15(20)5-4-11(16)2)10-12-6-13(17)8-14(18)7-12/h4-9,20H,3,10,18H2,1-2H3. The average Bonchev–Trinajstić information content (AvgIpc) is 2.38. The predicted octanol–water partition coefficient (Wildman–Crippen LogP) is 3.45. The Bertz CT molecular complexity index is 593. The first kappa shape index (κ1) is 14.2. The topological polar surface area (TPSA) is 49.5 Å². The van der Waals surface area contributed by atoms with Crippen LogP contribution >= 0.6 is 0 Å². The second-order valence-electron chi connectivity index (χ2n) is 4.88. The zero-order chi connectivity index (χ0) is 14.7. The van der Waals surface area contributed by atoms with Gasteiger partial charge in [0.2, 0.25) is 0 Å². The van der Waals surface area contributed by atoms with E-state index in [0.717, 1.165) is 23.4 Å². The maximum absolute atomic E-state index is 13.4. The van der Waals surface area contributed by atoms with Gasteiger partial charge in [0.25, 0.3) is 0 Å². The zero-order valence-corrected chi connectivity index (χ0v) is 11.7. The van der Waals surface area contributed by atoms with E-state index in [-0.39, 0.29) is 11.6 Å². The lowest BCUT2D eigenvalue weighted by molar-refractivity contribution is 0.475. The molecule has 3 N–H and O–H groups in total. The molecule has 2 aromatic carbocycles. The van der Waals surface area contributed by atoms with E-state index >= 15 is 0 Å². The molecule has 0 amide bonds. The van der Waals surface area contributed by atoms with Crippen molar-refractivity contribution in [3.05, 3.63) is 53.3 Å². The molecule has 0 saturated heterocycles. The fourth-order valence-corrected chi connectivity index (χ4v) is 2.29. The van der Waals surface area contributed by atoms with Gasteiger partial charge < -0.3 is 15.7 Å². The molecule has 0 radical (unpaired) electrons. The van der Waals surface area contributed by atoms with Crippen LogP contribution < -0.4 is 10.6 Å². The number of halogens is 1. The van der Waals surface area contributed by atoms with E-state index in [0.29, 0.717) is 12.2 Å². The van der Waals surface area contributed by atoms with E-state index in [9.17, 15) is 9.50 Å². The number of anilines is 2. The minimum Gasteiger partial charge on any atom is -0.508 e. The molecule has 0 spiro atoms. The van der Waals surface area contributed by atoms with Crippen LogP contribution in [0.5, 0.6) is 5.75 Å². The predicted molar refractivity (Wildman–Crippen MR) is 80.4 cm³/mol. The van der Waals surface area contributed by atoms with E-state index < -0.39 is 0 Å². The maximum atomic E-state index is 13.4. The van der Waals surface area contributed by atoms with Crippen LogP contribution in [0.3, 0.4) is 0 Å². The Labute approximate surface area is 118 Å². The Kier molecular flexibility index (Phi) is 4.13. The summed E-state index contributed by atoms with van der Waals surface area (Å²) in [5.41, 5.74) is 8.91. The number of aryl methyl sites for hydroxylation is 1. The molecule has 0 saturated carbocycles. The fourth-order valence-electron chi connectivity index (χ4n) is 2.29. The summed E-state index contributed by atoms with van der Waals surface area (Å²) in [6, 6.07) is 9.81. The summed E-state index contributed by atoms with van der Waals surface area (Å²) >= 11 is 0. The number of phenols is 1. The molecule has 0 atom stereocenters. The minimum absolute atomic E-state index is 0.225. The summed E-state index contributed by atoms with van der Waals surface area (Å²) in [7, 11) is 0. The fraction of sp³-hybridized carbons (Fsp3) is 0.250. The summed E-state index contributed by atoms with van der Waals surface area (Å²) in [4.78, 5) is 2.07. The van der Waals surface area contributed by atoms with Gasteiger partial charge in [-0.05, 0) is 49.2 Å². The smallest absolute Gasteiger partial charge is 0.125 e. The Morgan fingerprint density at radius 2 is 1.95 bits per heavy atom. The van der Waals surface area contributed by atoms with Crippen molar-refractivity contribution in [3.8, 4) is 5.75 Å². The number of rotatable bonds is 4. The van der Waals surface area contributed by atoms with Crippen molar-refractivity contribution in [1.29, 1.82) is 0 Å². The zero-order valence-electron chi connectivity index (χ0n) is 11.7. The first-order valence-electron chi connectivity index (χ1n) is 6.59. The Balaban J connectivity index is 2.31. The van der Waals surface area contributed by atoms with Gasteiger partial charge in [0.15, 0.2) is 0 Å². The highest BCUT2D eigenvalue weighted by molar-refractivity contribution is 5.57. The van der Waals surface area contributed by atoms with Crippen molar-refractivity contribution >= 4 is 11.4 Å². The van der Waals surface area contributed by atoms with Gasteiger partial charge in [-0.3, -0.25) is 0 Å². The molecule has 2 rings (SSSR count). The van der Waals surface area contributed by atoms with Gasteiger partial charge in [-0.25, -0.2) is 4.39 Å². The van der Waals surface area contributed by atoms with Gasteiger partial charge in [-0.15, -0.1) is 0 Å². The number of nitrogens with two attached hydrogens (primary N) is 1. The van der Waals surface area contributed by atoms with Crippen molar-refractivity contribution in [2.75, 3.05) is 17.2 Å². The van der Waals surface area contributed by atoms with Gasteiger partial charge in [0, 0.05) is 30.5 Å². The lowest BCUT2D eigenvalue weighted by Crippen LogP contribution is -2.23. The van der Waals surface area contributed by atoms with E-state index in [1.54, 1.807) is 18.2 Å². The number of nitrogen functional groups attached to an aromatic ring is 1. The van der Waals surface area contributed by atoms with Crippen LogP contribution in [0.1, 0.15) is 18.1 Å². The molecule has 0 unspecified atom stereocenters. The van der Waals surface area contributed by atoms with Crippen LogP contribution in [0.4, 0.5) is 15.8 Å². The van der Waals surface area contributed by atoms with Crippen LogP contribution in [-0.4, -0.2) is 11.7 Å². The molecule has 0 bridgehead atoms. The lowest BCUT2D eigenvalue weighted by Gasteiger charge is -2.25. The van der Waals surface area contributed by atoms with E-state index in [1.165, 1.54) is 12.1 Å². The van der Waals surface area contributed by atoms with Crippen LogP contribution in [-0.2, 0) is 6.54 Å². The van der Waals surface area contributed by atoms with Crippen LogP contribution in [0.25, 0.3) is 0 Å². The number of hydrogen-bond donors (Lipinski definition) is 2. The first-order chi connectivity index (χ1) is 9.49. The first-order valence-corrected chi connectivity index (χ1v) is 6.59. The van der Waals surface area contributed by atoms with Crippen molar-refractivity contribution in [2.45, 2.75) is 20.4 Å². The summed E-state index contributed by atoms with van der Waals surface area (Å²) in [6.07, 6.45) is 0. The highest BCUT2D eigenvalue weighted by Crippen LogP contribution is 2.26. The normalized spacial score (nSPS) is 10.6. The Morgan fingerprint density at radius 1 is 1.20 bits per heavy atom. The lowest BCUT2D eigenvalue weighted by atomic mass is 10.1. The molecule has 0 fully saturated rings. The van der Waals surface area contributed by atoms with Gasteiger partial charge in [0.1, 0.15) is 11.6 Å². The molecule has 0 heterocycles. The van der Waals surface area contributed by atoms with Crippen molar-refractivity contribution < 1.29 is 9.50 Å². The Morgan fingerprint density at radius 3 is 2.60 bits per heavy atom. The molecule has 2 aromatic rings. The highest BCUT2D eigenvalue weighted by atomic mass is 19.1. The molecule has 3 nitrogen and oxygen atoms in total. The second kappa shape index (κ2) is 5.82. The monoisotopic (exact) mass is 274 g/mol. The molecular weight excluding hydrogens is 255 g/mol. The number of benzene rings is 2. The summed E-state index contributed by atoms with van der Waals surface area (Å²) < 4.78 is 13.4. The van der Waals surface area contributed by atoms with E-state index in [2.05, 4.69) is 4.90 Å². The third-order valence-corrected chi connectivity index (χ3v) is 3.27. The van der Waals surface area contributed by atoms with Gasteiger partial charge in [-0.1, -0.05) is 6.07 Å². The summed E-state index contributed by atoms with van der Waals surface area (Å²) in [5.74, 6) is -0.105. The quantitative estimate of drug-likeness (QED) is 0.840. The third-order valence-electron chi connectivity index (χ3n) is 3.27. The molecule has 0 aromatic heterocycles. The molecular formula is C16H19FN2O. The summed E-state index contributed by atoms with van der Waals surface area (Å²) in [6.45, 7) is 5.30. The van der Waals surface area contributed by atoms with Crippen molar-refractivity contribution in [1.82, 2.24) is 0 Å².